The van der Waals surface area contributed by atoms with E-state index in [1.807, 2.05) is 6.07 Å². The number of nitrogens with one attached hydrogen (secondary N) is 1. The first-order chi connectivity index (χ1) is 9.66. The van der Waals surface area contributed by atoms with E-state index < -0.39 is 6.61 Å². The normalized spacial score (nSPS) is 19.8. The van der Waals surface area contributed by atoms with E-state index in [1.54, 1.807) is 12.1 Å². The number of hydrogen-bond acceptors (Lipinski definition) is 2. The summed E-state index contributed by atoms with van der Waals surface area (Å²) in [7, 11) is 0. The highest BCUT2D eigenvalue weighted by atomic mass is 79.9. The minimum Gasteiger partial charge on any atom is -0.434 e. The van der Waals surface area contributed by atoms with Gasteiger partial charge in [-0.25, -0.2) is 0 Å². The number of alkyl halides is 2. The first-order valence-electron chi connectivity index (χ1n) is 7.10. The van der Waals surface area contributed by atoms with Gasteiger partial charge in [-0.15, -0.1) is 0 Å². The lowest BCUT2D eigenvalue weighted by Crippen LogP contribution is -2.19. The van der Waals surface area contributed by atoms with Crippen LogP contribution in [0.1, 0.15) is 33.3 Å². The van der Waals surface area contributed by atoms with Gasteiger partial charge in [-0.05, 0) is 41.5 Å². The highest BCUT2D eigenvalue weighted by Crippen LogP contribution is 2.67. The van der Waals surface area contributed by atoms with E-state index in [0.29, 0.717) is 23.3 Å². The van der Waals surface area contributed by atoms with Gasteiger partial charge < -0.3 is 10.1 Å². The van der Waals surface area contributed by atoms with Gasteiger partial charge in [0.25, 0.3) is 0 Å². The standard InChI is InChI=1S/C16H22BrF2NO/c1-15(2)13(16(15,3)4)9-20-8-10-7-11(17)5-6-12(10)21-14(18)19/h5-7,13-14,20H,8-9H2,1-4H3. The Hall–Kier alpha value is -0.680. The van der Waals surface area contributed by atoms with Crippen LogP contribution in [0.2, 0.25) is 0 Å². The first kappa shape index (κ1) is 16.7. The summed E-state index contributed by atoms with van der Waals surface area (Å²) in [5.41, 5.74) is 1.38. The molecule has 0 amide bonds. The Balaban J connectivity index is 1.96. The second kappa shape index (κ2) is 5.84. The molecule has 2 rings (SSSR count). The number of hydrogen-bond donors (Lipinski definition) is 1. The van der Waals surface area contributed by atoms with Crippen LogP contribution in [0.15, 0.2) is 22.7 Å². The van der Waals surface area contributed by atoms with Crippen molar-refractivity contribution in [2.24, 2.45) is 16.7 Å². The van der Waals surface area contributed by atoms with Crippen molar-refractivity contribution in [3.63, 3.8) is 0 Å². The van der Waals surface area contributed by atoms with E-state index in [-0.39, 0.29) is 5.75 Å². The molecule has 0 aliphatic heterocycles. The third-order valence-corrected chi connectivity index (χ3v) is 5.72. The van der Waals surface area contributed by atoms with Crippen LogP contribution in [-0.4, -0.2) is 13.2 Å². The Kier molecular flexibility index (Phi) is 4.64. The first-order valence-corrected chi connectivity index (χ1v) is 7.89. The molecule has 1 saturated carbocycles. The van der Waals surface area contributed by atoms with E-state index in [1.165, 1.54) is 0 Å². The summed E-state index contributed by atoms with van der Waals surface area (Å²) < 4.78 is 30.2. The number of rotatable bonds is 6. The Bertz CT molecular complexity index is 503. The molecular formula is C16H22BrF2NO. The summed E-state index contributed by atoms with van der Waals surface area (Å²) in [6, 6.07) is 5.08. The molecule has 1 N–H and O–H groups in total. The molecule has 0 unspecified atom stereocenters. The summed E-state index contributed by atoms with van der Waals surface area (Å²) >= 11 is 3.36. The van der Waals surface area contributed by atoms with Crippen LogP contribution in [0.25, 0.3) is 0 Å². The fraction of sp³-hybridized carbons (Fsp3) is 0.625. The third kappa shape index (κ3) is 3.39. The van der Waals surface area contributed by atoms with Gasteiger partial charge in [0, 0.05) is 16.6 Å². The molecule has 5 heteroatoms. The largest absolute Gasteiger partial charge is 0.434 e. The molecule has 1 aromatic carbocycles. The average Bonchev–Trinajstić information content (AvgIpc) is 2.74. The Morgan fingerprint density at radius 1 is 1.24 bits per heavy atom. The van der Waals surface area contributed by atoms with Gasteiger partial charge in [-0.3, -0.25) is 0 Å². The molecule has 0 spiro atoms. The molecule has 0 atom stereocenters. The number of halogens is 3. The molecule has 1 aliphatic carbocycles. The maximum Gasteiger partial charge on any atom is 0.387 e. The van der Waals surface area contributed by atoms with Gasteiger partial charge in [-0.1, -0.05) is 43.6 Å². The highest BCUT2D eigenvalue weighted by Gasteiger charge is 2.63. The van der Waals surface area contributed by atoms with Gasteiger partial charge in [0.2, 0.25) is 0 Å². The Morgan fingerprint density at radius 2 is 1.86 bits per heavy atom. The smallest absolute Gasteiger partial charge is 0.387 e. The predicted octanol–water partition coefficient (Wildman–Crippen LogP) is 4.82. The molecule has 118 valence electrons. The molecule has 1 aromatic rings. The van der Waals surface area contributed by atoms with Crippen LogP contribution >= 0.6 is 15.9 Å². The zero-order valence-corrected chi connectivity index (χ0v) is 14.4. The lowest BCUT2D eigenvalue weighted by molar-refractivity contribution is -0.0505. The topological polar surface area (TPSA) is 21.3 Å². The quantitative estimate of drug-likeness (QED) is 0.783. The van der Waals surface area contributed by atoms with Crippen LogP contribution in [0.3, 0.4) is 0 Å². The van der Waals surface area contributed by atoms with Crippen molar-refractivity contribution in [2.45, 2.75) is 40.9 Å². The van der Waals surface area contributed by atoms with Gasteiger partial charge in [-0.2, -0.15) is 8.78 Å². The van der Waals surface area contributed by atoms with Crippen LogP contribution < -0.4 is 10.1 Å². The molecule has 0 heterocycles. The summed E-state index contributed by atoms with van der Waals surface area (Å²) in [6.07, 6.45) is 0. The fourth-order valence-corrected chi connectivity index (χ4v) is 3.50. The molecule has 1 fully saturated rings. The Morgan fingerprint density at radius 3 is 2.38 bits per heavy atom. The summed E-state index contributed by atoms with van der Waals surface area (Å²) in [4.78, 5) is 0. The van der Waals surface area contributed by atoms with Crippen LogP contribution in [-0.2, 0) is 6.54 Å². The monoisotopic (exact) mass is 361 g/mol. The molecule has 2 nitrogen and oxygen atoms in total. The second-order valence-corrected chi connectivity index (χ2v) is 7.67. The summed E-state index contributed by atoms with van der Waals surface area (Å²) in [6.45, 7) is 7.66. The highest BCUT2D eigenvalue weighted by molar-refractivity contribution is 9.10. The van der Waals surface area contributed by atoms with Crippen molar-refractivity contribution in [3.8, 4) is 5.75 Å². The van der Waals surface area contributed by atoms with Crippen LogP contribution in [0.5, 0.6) is 5.75 Å². The predicted molar refractivity (Wildman–Crippen MR) is 83.5 cm³/mol. The fourth-order valence-electron chi connectivity index (χ4n) is 3.09. The van der Waals surface area contributed by atoms with Gasteiger partial charge in [0.15, 0.2) is 0 Å². The van der Waals surface area contributed by atoms with Gasteiger partial charge >= 0.3 is 6.61 Å². The van der Waals surface area contributed by atoms with Crippen molar-refractivity contribution < 1.29 is 13.5 Å². The molecule has 0 bridgehead atoms. The number of benzene rings is 1. The lowest BCUT2D eigenvalue weighted by Gasteiger charge is -2.12. The maximum atomic E-state index is 12.4. The number of ether oxygens (including phenoxy) is 1. The van der Waals surface area contributed by atoms with Crippen LogP contribution in [0.4, 0.5) is 8.78 Å². The van der Waals surface area contributed by atoms with Crippen molar-refractivity contribution in [1.29, 1.82) is 0 Å². The molecule has 0 radical (unpaired) electrons. The second-order valence-electron chi connectivity index (χ2n) is 6.76. The van der Waals surface area contributed by atoms with Crippen molar-refractivity contribution >= 4 is 15.9 Å². The van der Waals surface area contributed by atoms with Crippen molar-refractivity contribution in [1.82, 2.24) is 5.32 Å². The summed E-state index contributed by atoms with van der Waals surface area (Å²) in [5, 5.41) is 3.37. The molecule has 21 heavy (non-hydrogen) atoms. The van der Waals surface area contributed by atoms with E-state index in [0.717, 1.165) is 16.6 Å². The zero-order chi connectivity index (χ0) is 15.8. The lowest BCUT2D eigenvalue weighted by atomic mass is 10.0. The van der Waals surface area contributed by atoms with Gasteiger partial charge in [0.1, 0.15) is 5.75 Å². The minimum atomic E-state index is -2.80. The van der Waals surface area contributed by atoms with E-state index in [9.17, 15) is 8.78 Å². The Labute approximate surface area is 133 Å². The molecule has 0 saturated heterocycles. The molecular weight excluding hydrogens is 340 g/mol. The van der Waals surface area contributed by atoms with E-state index in [2.05, 4.69) is 53.7 Å². The third-order valence-electron chi connectivity index (χ3n) is 5.22. The zero-order valence-electron chi connectivity index (χ0n) is 12.8. The maximum absolute atomic E-state index is 12.4. The van der Waals surface area contributed by atoms with Gasteiger partial charge in [0.05, 0.1) is 0 Å². The molecule has 1 aliphatic rings. The summed E-state index contributed by atoms with van der Waals surface area (Å²) in [5.74, 6) is 0.826. The van der Waals surface area contributed by atoms with E-state index >= 15 is 0 Å². The molecule has 0 aromatic heterocycles. The average molecular weight is 362 g/mol. The van der Waals surface area contributed by atoms with E-state index in [4.69, 9.17) is 0 Å². The minimum absolute atomic E-state index is 0.231. The van der Waals surface area contributed by atoms with Crippen LogP contribution in [0, 0.1) is 16.7 Å². The van der Waals surface area contributed by atoms with Crippen molar-refractivity contribution in [3.05, 3.63) is 28.2 Å². The SMILES string of the molecule is CC1(C)C(CNCc2cc(Br)ccc2OC(F)F)C1(C)C. The van der Waals surface area contributed by atoms with Crippen molar-refractivity contribution in [2.75, 3.05) is 6.54 Å².